The Balaban J connectivity index is 3.06. The van der Waals surface area contributed by atoms with E-state index in [4.69, 9.17) is 0 Å². The fourth-order valence-corrected chi connectivity index (χ4v) is 5.23. The molecule has 21 heavy (non-hydrogen) atoms. The van der Waals surface area contributed by atoms with E-state index in [0.29, 0.717) is 19.4 Å². The quantitative estimate of drug-likeness (QED) is 0.791. The van der Waals surface area contributed by atoms with E-state index in [9.17, 15) is 16.8 Å². The van der Waals surface area contributed by atoms with Gasteiger partial charge in [0.15, 0.2) is 9.84 Å². The van der Waals surface area contributed by atoms with Crippen LogP contribution in [0.25, 0.3) is 0 Å². The van der Waals surface area contributed by atoms with Gasteiger partial charge in [0, 0.05) is 18.6 Å². The van der Waals surface area contributed by atoms with Gasteiger partial charge in [-0.15, -0.1) is 0 Å². The molecule has 0 amide bonds. The van der Waals surface area contributed by atoms with Gasteiger partial charge in [0.05, 0.1) is 10.00 Å². The fourth-order valence-electron chi connectivity index (χ4n) is 3.30. The minimum absolute atomic E-state index is 0.0724. The lowest BCUT2D eigenvalue weighted by Gasteiger charge is -2.42. The topological polar surface area (TPSA) is 80.3 Å². The van der Waals surface area contributed by atoms with Gasteiger partial charge in [-0.3, -0.25) is 0 Å². The van der Waals surface area contributed by atoms with Crippen LogP contribution in [0.15, 0.2) is 0 Å². The molecular weight excluding hydrogens is 310 g/mol. The van der Waals surface area contributed by atoms with E-state index in [2.05, 4.69) is 5.32 Å². The Morgan fingerprint density at radius 1 is 1.14 bits per heavy atom. The smallest absolute Gasteiger partial charge is 0.154 e. The molecule has 1 fully saturated rings. The molecule has 5 nitrogen and oxygen atoms in total. The fraction of sp³-hybridized carbons (Fsp3) is 1.00. The summed E-state index contributed by atoms with van der Waals surface area (Å²) in [5, 5.41) is 2.96. The van der Waals surface area contributed by atoms with E-state index in [1.807, 2.05) is 6.92 Å². The Labute approximate surface area is 129 Å². The van der Waals surface area contributed by atoms with Crippen LogP contribution >= 0.6 is 0 Å². The molecule has 1 rings (SSSR count). The number of hydrogen-bond acceptors (Lipinski definition) is 5. The number of sulfone groups is 2. The highest BCUT2D eigenvalue weighted by Gasteiger charge is 2.44. The Hall–Kier alpha value is -0.140. The largest absolute Gasteiger partial charge is 0.312 e. The van der Waals surface area contributed by atoms with Crippen LogP contribution in [-0.4, -0.2) is 51.9 Å². The standard InChI is InChI=1S/C14H29NO4S2/c1-6-15-13(14(2,3)21(5,18)19)11-8-7-9-12(10-11)20(4,16)17/h11-13,15H,6-10H2,1-5H3. The Kier molecular flexibility index (Phi) is 5.89. The zero-order valence-corrected chi connectivity index (χ0v) is 15.4. The molecule has 0 spiro atoms. The first-order chi connectivity index (χ1) is 9.41. The highest BCUT2D eigenvalue weighted by Crippen LogP contribution is 2.36. The zero-order chi connectivity index (χ0) is 16.5. The molecule has 1 aliphatic carbocycles. The summed E-state index contributed by atoms with van der Waals surface area (Å²) in [6.07, 6.45) is 5.49. The summed E-state index contributed by atoms with van der Waals surface area (Å²) in [4.78, 5) is 0. The highest BCUT2D eigenvalue weighted by atomic mass is 32.2. The van der Waals surface area contributed by atoms with Crippen LogP contribution in [-0.2, 0) is 19.7 Å². The zero-order valence-electron chi connectivity index (χ0n) is 13.7. The van der Waals surface area contributed by atoms with Gasteiger partial charge >= 0.3 is 0 Å². The molecule has 126 valence electrons. The van der Waals surface area contributed by atoms with Gasteiger partial charge in [-0.1, -0.05) is 13.3 Å². The normalized spacial score (nSPS) is 26.5. The van der Waals surface area contributed by atoms with Crippen molar-refractivity contribution < 1.29 is 16.8 Å². The van der Waals surface area contributed by atoms with E-state index >= 15 is 0 Å². The molecule has 3 unspecified atom stereocenters. The molecule has 1 N–H and O–H groups in total. The van der Waals surface area contributed by atoms with Crippen molar-refractivity contribution in [3.8, 4) is 0 Å². The molecule has 0 aromatic rings. The lowest BCUT2D eigenvalue weighted by atomic mass is 9.79. The molecule has 3 atom stereocenters. The Morgan fingerprint density at radius 2 is 1.71 bits per heavy atom. The monoisotopic (exact) mass is 339 g/mol. The van der Waals surface area contributed by atoms with Crippen molar-refractivity contribution in [3.63, 3.8) is 0 Å². The van der Waals surface area contributed by atoms with Crippen LogP contribution in [0.3, 0.4) is 0 Å². The molecule has 0 bridgehead atoms. The summed E-state index contributed by atoms with van der Waals surface area (Å²) in [6, 6.07) is -0.220. The first kappa shape index (κ1) is 18.9. The minimum Gasteiger partial charge on any atom is -0.312 e. The van der Waals surface area contributed by atoms with Crippen molar-refractivity contribution in [2.24, 2.45) is 5.92 Å². The SMILES string of the molecule is CCNC(C1CCCC(S(C)(=O)=O)C1)C(C)(C)S(C)(=O)=O. The van der Waals surface area contributed by atoms with E-state index < -0.39 is 24.4 Å². The number of nitrogens with one attached hydrogen (secondary N) is 1. The van der Waals surface area contributed by atoms with Gasteiger partial charge < -0.3 is 5.32 Å². The third-order valence-electron chi connectivity index (χ3n) is 4.87. The van der Waals surface area contributed by atoms with Gasteiger partial charge in [0.25, 0.3) is 0 Å². The lowest BCUT2D eigenvalue weighted by molar-refractivity contribution is 0.237. The maximum Gasteiger partial charge on any atom is 0.154 e. The first-order valence-electron chi connectivity index (χ1n) is 7.53. The minimum atomic E-state index is -3.24. The van der Waals surface area contributed by atoms with Crippen molar-refractivity contribution in [2.75, 3.05) is 19.1 Å². The summed E-state index contributed by atoms with van der Waals surface area (Å²) in [5.74, 6) is 0.0724. The average molecular weight is 340 g/mol. The summed E-state index contributed by atoms with van der Waals surface area (Å²) in [6.45, 7) is 6.09. The third-order valence-corrected chi connectivity index (χ3v) is 8.68. The van der Waals surface area contributed by atoms with Gasteiger partial charge in [-0.25, -0.2) is 16.8 Å². The Morgan fingerprint density at radius 3 is 2.14 bits per heavy atom. The third kappa shape index (κ3) is 4.42. The van der Waals surface area contributed by atoms with Gasteiger partial charge in [-0.05, 0) is 45.6 Å². The van der Waals surface area contributed by atoms with Crippen LogP contribution in [0.2, 0.25) is 0 Å². The van der Waals surface area contributed by atoms with Crippen LogP contribution in [0, 0.1) is 5.92 Å². The molecule has 7 heteroatoms. The molecule has 0 saturated heterocycles. The van der Waals surface area contributed by atoms with Crippen molar-refractivity contribution in [1.29, 1.82) is 0 Å². The van der Waals surface area contributed by atoms with Crippen molar-refractivity contribution in [2.45, 2.75) is 62.5 Å². The van der Waals surface area contributed by atoms with Crippen molar-refractivity contribution in [3.05, 3.63) is 0 Å². The molecule has 1 saturated carbocycles. The van der Waals surface area contributed by atoms with Crippen LogP contribution in [0.1, 0.15) is 46.5 Å². The molecular formula is C14H29NO4S2. The average Bonchev–Trinajstić information content (AvgIpc) is 2.33. The molecule has 0 radical (unpaired) electrons. The van der Waals surface area contributed by atoms with E-state index in [1.54, 1.807) is 13.8 Å². The lowest BCUT2D eigenvalue weighted by Crippen LogP contribution is -2.56. The second kappa shape index (κ2) is 6.54. The Bertz CT molecular complexity index is 552. The summed E-state index contributed by atoms with van der Waals surface area (Å²) < 4.78 is 47.0. The predicted molar refractivity (Wildman–Crippen MR) is 87.0 cm³/mol. The van der Waals surface area contributed by atoms with Gasteiger partial charge in [0.2, 0.25) is 0 Å². The molecule has 0 heterocycles. The number of rotatable bonds is 6. The van der Waals surface area contributed by atoms with E-state index in [-0.39, 0.29) is 17.2 Å². The molecule has 0 aromatic heterocycles. The maximum atomic E-state index is 12.1. The predicted octanol–water partition coefficient (Wildman–Crippen LogP) is 1.39. The van der Waals surface area contributed by atoms with E-state index in [1.165, 1.54) is 12.5 Å². The second-order valence-corrected chi connectivity index (χ2v) is 11.7. The highest BCUT2D eigenvalue weighted by molar-refractivity contribution is 7.92. The van der Waals surface area contributed by atoms with Crippen molar-refractivity contribution in [1.82, 2.24) is 5.32 Å². The molecule has 0 aliphatic heterocycles. The molecule has 0 aromatic carbocycles. The van der Waals surface area contributed by atoms with Crippen molar-refractivity contribution >= 4 is 19.7 Å². The van der Waals surface area contributed by atoms with Gasteiger partial charge in [-0.2, -0.15) is 0 Å². The summed E-state index contributed by atoms with van der Waals surface area (Å²) in [7, 11) is -6.30. The van der Waals surface area contributed by atoms with Crippen LogP contribution in [0.5, 0.6) is 0 Å². The van der Waals surface area contributed by atoms with E-state index in [0.717, 1.165) is 12.8 Å². The maximum absolute atomic E-state index is 12.1. The molecule has 1 aliphatic rings. The van der Waals surface area contributed by atoms with Crippen LogP contribution in [0.4, 0.5) is 0 Å². The summed E-state index contributed by atoms with van der Waals surface area (Å²) >= 11 is 0. The van der Waals surface area contributed by atoms with Crippen LogP contribution < -0.4 is 5.32 Å². The summed E-state index contributed by atoms with van der Waals surface area (Å²) in [5.41, 5.74) is 0. The first-order valence-corrected chi connectivity index (χ1v) is 11.4. The van der Waals surface area contributed by atoms with Gasteiger partial charge in [0.1, 0.15) is 9.84 Å². The second-order valence-electron chi connectivity index (χ2n) is 6.79. The number of hydrogen-bond donors (Lipinski definition) is 1.